The lowest BCUT2D eigenvalue weighted by molar-refractivity contribution is -0.123. The van der Waals surface area contributed by atoms with Gasteiger partial charge >= 0.3 is 0 Å². The highest BCUT2D eigenvalue weighted by atomic mass is 35.5. The number of rotatable bonds is 4. The number of alkyl halides is 1. The molecule has 8 nitrogen and oxygen atoms in total. The number of hydrogen-bond donors (Lipinski definition) is 4. The van der Waals surface area contributed by atoms with E-state index >= 15 is 0 Å². The van der Waals surface area contributed by atoms with Crippen molar-refractivity contribution >= 4 is 17.5 Å². The zero-order valence-electron chi connectivity index (χ0n) is 12.5. The molecular formula is C14H18ClN7O. The van der Waals surface area contributed by atoms with E-state index in [9.17, 15) is 4.79 Å². The molecule has 3 rings (SSSR count). The van der Waals surface area contributed by atoms with E-state index in [1.54, 1.807) is 11.0 Å². The molecule has 23 heavy (non-hydrogen) atoms. The quantitative estimate of drug-likeness (QED) is 0.577. The third-order valence-electron chi connectivity index (χ3n) is 3.78. The van der Waals surface area contributed by atoms with Crippen molar-refractivity contribution in [3.8, 4) is 5.69 Å². The Morgan fingerprint density at radius 1 is 1.39 bits per heavy atom. The number of nitrogens with one attached hydrogen (secondary N) is 3. The Morgan fingerprint density at radius 2 is 2.13 bits per heavy atom. The van der Waals surface area contributed by atoms with Gasteiger partial charge in [-0.3, -0.25) is 4.79 Å². The van der Waals surface area contributed by atoms with Gasteiger partial charge in [0.1, 0.15) is 18.7 Å². The van der Waals surface area contributed by atoms with Crippen LogP contribution in [0.1, 0.15) is 18.5 Å². The second-order valence-electron chi connectivity index (χ2n) is 5.40. The fourth-order valence-corrected chi connectivity index (χ4v) is 2.65. The highest BCUT2D eigenvalue weighted by Crippen LogP contribution is 2.17. The number of carbonyl (C=O) groups is 1. The highest BCUT2D eigenvalue weighted by Gasteiger charge is 2.37. The number of carbonyl (C=O) groups excluding carboxylic acids is 1. The van der Waals surface area contributed by atoms with Crippen LogP contribution in [0.3, 0.4) is 0 Å². The van der Waals surface area contributed by atoms with Crippen molar-refractivity contribution in [2.75, 3.05) is 0 Å². The zero-order valence-corrected chi connectivity index (χ0v) is 13.2. The molecule has 0 saturated carbocycles. The molecule has 1 aliphatic heterocycles. The van der Waals surface area contributed by atoms with Gasteiger partial charge in [0.25, 0.3) is 0 Å². The summed E-state index contributed by atoms with van der Waals surface area (Å²) in [5.41, 5.74) is 13.1. The molecule has 1 fully saturated rings. The van der Waals surface area contributed by atoms with Crippen LogP contribution < -0.4 is 21.9 Å². The van der Waals surface area contributed by atoms with Crippen LogP contribution in [0.5, 0.6) is 0 Å². The summed E-state index contributed by atoms with van der Waals surface area (Å²) < 4.78 is 1.67. The number of nitrogens with zero attached hydrogens (tertiary/aromatic N) is 3. The largest absolute Gasteiger partial charge is 0.348 e. The number of amides is 1. The van der Waals surface area contributed by atoms with E-state index < -0.39 is 17.6 Å². The molecular weight excluding hydrogens is 318 g/mol. The van der Waals surface area contributed by atoms with Crippen molar-refractivity contribution in [2.45, 2.75) is 30.6 Å². The van der Waals surface area contributed by atoms with Crippen LogP contribution in [0, 0.1) is 0 Å². The van der Waals surface area contributed by atoms with Crippen molar-refractivity contribution < 1.29 is 4.79 Å². The number of hydrazine groups is 1. The Kier molecular flexibility index (Phi) is 4.58. The van der Waals surface area contributed by atoms with Crippen molar-refractivity contribution in [1.82, 2.24) is 30.9 Å². The third-order valence-corrected chi connectivity index (χ3v) is 4.31. The van der Waals surface area contributed by atoms with Gasteiger partial charge in [0.2, 0.25) is 5.91 Å². The normalized spacial score (nSPS) is 25.3. The molecule has 4 unspecified atom stereocenters. The first kappa shape index (κ1) is 15.9. The minimum Gasteiger partial charge on any atom is -0.348 e. The van der Waals surface area contributed by atoms with Gasteiger partial charge in [-0.05, 0) is 24.6 Å². The average molecular weight is 336 g/mol. The van der Waals surface area contributed by atoms with Crippen molar-refractivity contribution in [3.05, 3.63) is 42.5 Å². The summed E-state index contributed by atoms with van der Waals surface area (Å²) in [6.07, 6.45) is 2.65. The third kappa shape index (κ3) is 3.35. The maximum atomic E-state index is 12.3. The molecule has 2 aromatic rings. The van der Waals surface area contributed by atoms with Crippen LogP contribution in [0.25, 0.3) is 5.69 Å². The van der Waals surface area contributed by atoms with E-state index in [2.05, 4.69) is 26.3 Å². The summed E-state index contributed by atoms with van der Waals surface area (Å²) in [6, 6.07) is 6.99. The molecule has 1 amide bonds. The van der Waals surface area contributed by atoms with Gasteiger partial charge in [-0.1, -0.05) is 12.1 Å². The Hall–Kier alpha value is -2.00. The molecule has 0 radical (unpaired) electrons. The predicted octanol–water partition coefficient (Wildman–Crippen LogP) is -0.187. The second-order valence-corrected chi connectivity index (χ2v) is 5.90. The van der Waals surface area contributed by atoms with Gasteiger partial charge in [-0.15, -0.1) is 11.6 Å². The SMILES string of the molecule is CC(NC(=O)C1NNC(N)C1Cl)c1ccc(-n2cncn2)cc1. The monoisotopic (exact) mass is 335 g/mol. The van der Waals surface area contributed by atoms with Gasteiger partial charge in [0, 0.05) is 0 Å². The molecule has 5 N–H and O–H groups in total. The van der Waals surface area contributed by atoms with Gasteiger partial charge < -0.3 is 11.1 Å². The Labute approximate surface area is 138 Å². The molecule has 1 aromatic carbocycles. The van der Waals surface area contributed by atoms with E-state index in [0.29, 0.717) is 0 Å². The van der Waals surface area contributed by atoms with Crippen molar-refractivity contribution in [2.24, 2.45) is 5.73 Å². The predicted molar refractivity (Wildman–Crippen MR) is 85.6 cm³/mol. The Morgan fingerprint density at radius 3 is 2.70 bits per heavy atom. The number of benzene rings is 1. The summed E-state index contributed by atoms with van der Waals surface area (Å²) >= 11 is 6.10. The highest BCUT2D eigenvalue weighted by molar-refractivity contribution is 6.23. The van der Waals surface area contributed by atoms with E-state index in [4.69, 9.17) is 17.3 Å². The first-order valence-corrected chi connectivity index (χ1v) is 7.66. The van der Waals surface area contributed by atoms with E-state index in [1.807, 2.05) is 31.2 Å². The molecule has 2 heterocycles. The van der Waals surface area contributed by atoms with Crippen LogP contribution in [-0.2, 0) is 4.79 Å². The van der Waals surface area contributed by atoms with E-state index in [0.717, 1.165) is 11.3 Å². The molecule has 0 bridgehead atoms. The molecule has 1 saturated heterocycles. The maximum absolute atomic E-state index is 12.3. The first-order valence-electron chi connectivity index (χ1n) is 7.22. The number of nitrogens with two attached hydrogens (primary N) is 1. The number of hydrogen-bond acceptors (Lipinski definition) is 6. The van der Waals surface area contributed by atoms with Crippen LogP contribution >= 0.6 is 11.6 Å². The molecule has 1 aromatic heterocycles. The zero-order chi connectivity index (χ0) is 16.4. The van der Waals surface area contributed by atoms with E-state index in [-0.39, 0.29) is 11.9 Å². The summed E-state index contributed by atoms with van der Waals surface area (Å²) in [6.45, 7) is 1.91. The van der Waals surface area contributed by atoms with Crippen LogP contribution in [0.4, 0.5) is 0 Å². The van der Waals surface area contributed by atoms with Gasteiger partial charge in [0.05, 0.1) is 23.3 Å². The van der Waals surface area contributed by atoms with Crippen LogP contribution in [-0.4, -0.2) is 38.3 Å². The van der Waals surface area contributed by atoms with Gasteiger partial charge in [0.15, 0.2) is 0 Å². The molecule has 0 aliphatic carbocycles. The molecule has 4 atom stereocenters. The second kappa shape index (κ2) is 6.63. The van der Waals surface area contributed by atoms with Crippen molar-refractivity contribution in [3.63, 3.8) is 0 Å². The Balaban J connectivity index is 1.64. The first-order chi connectivity index (χ1) is 11.1. The topological polar surface area (TPSA) is 110 Å². The maximum Gasteiger partial charge on any atom is 0.240 e. The summed E-state index contributed by atoms with van der Waals surface area (Å²) in [5.74, 6) is -0.196. The fraction of sp³-hybridized carbons (Fsp3) is 0.357. The van der Waals surface area contributed by atoms with Gasteiger partial charge in [-0.25, -0.2) is 20.5 Å². The molecule has 122 valence electrons. The molecule has 1 aliphatic rings. The number of halogens is 1. The van der Waals surface area contributed by atoms with Gasteiger partial charge in [-0.2, -0.15) is 5.10 Å². The smallest absolute Gasteiger partial charge is 0.240 e. The summed E-state index contributed by atoms with van der Waals surface area (Å²) in [5, 5.41) is 6.50. The summed E-state index contributed by atoms with van der Waals surface area (Å²) in [4.78, 5) is 16.2. The minimum absolute atomic E-state index is 0.158. The minimum atomic E-state index is -0.566. The lowest BCUT2D eigenvalue weighted by Gasteiger charge is -2.19. The van der Waals surface area contributed by atoms with E-state index in [1.165, 1.54) is 6.33 Å². The number of aromatic nitrogens is 3. The summed E-state index contributed by atoms with van der Waals surface area (Å²) in [7, 11) is 0. The fourth-order valence-electron chi connectivity index (χ4n) is 2.41. The van der Waals surface area contributed by atoms with Crippen LogP contribution in [0.15, 0.2) is 36.9 Å². The lowest BCUT2D eigenvalue weighted by atomic mass is 10.1. The van der Waals surface area contributed by atoms with Crippen molar-refractivity contribution in [1.29, 1.82) is 0 Å². The average Bonchev–Trinajstić information content (AvgIpc) is 3.19. The van der Waals surface area contributed by atoms with Crippen LogP contribution in [0.2, 0.25) is 0 Å². The standard InChI is InChI=1S/C14H18ClN7O/c1-8(19-14(23)12-11(15)13(16)21-20-12)9-2-4-10(5-3-9)22-7-17-6-18-22/h2-8,11-13,20-21H,16H2,1H3,(H,19,23). The lowest BCUT2D eigenvalue weighted by Crippen LogP contribution is -2.46. The molecule has 0 spiro atoms. The Bertz CT molecular complexity index is 660. The molecule has 9 heteroatoms.